The molecule has 1 N–H and O–H groups in total. The summed E-state index contributed by atoms with van der Waals surface area (Å²) in [5, 5.41) is 7.37. The number of aromatic nitrogens is 6. The number of fused-ring (bicyclic) bond motifs is 1. The summed E-state index contributed by atoms with van der Waals surface area (Å²) >= 11 is 0. The van der Waals surface area contributed by atoms with E-state index in [-0.39, 0.29) is 23.1 Å². The van der Waals surface area contributed by atoms with Crippen LogP contribution in [-0.2, 0) is 22.9 Å². The Morgan fingerprint density at radius 3 is 2.49 bits per heavy atom. The van der Waals surface area contributed by atoms with Crippen LogP contribution in [0.3, 0.4) is 0 Å². The van der Waals surface area contributed by atoms with E-state index in [4.69, 9.17) is 4.74 Å². The highest BCUT2D eigenvalue weighted by molar-refractivity contribution is 7.92. The quantitative estimate of drug-likeness (QED) is 0.412. The van der Waals surface area contributed by atoms with Crippen LogP contribution in [0.2, 0.25) is 0 Å². The van der Waals surface area contributed by atoms with E-state index in [2.05, 4.69) is 25.4 Å². The molecule has 0 saturated carbocycles. The average Bonchev–Trinajstić information content (AvgIpc) is 3.45. The summed E-state index contributed by atoms with van der Waals surface area (Å²) in [6.45, 7) is 7.41. The standard InChI is InChI=1S/C23H27N7O4S/c1-6-30-16(22(31)27-13-20-24-8-7-9-25-20)10-15(28-30)17-12-26-21-11-18(34-5)19(14-29(17)21)35(32,33)23(2,3)4/h7-12,14H,6,13H2,1-5H3,(H,27,31). The van der Waals surface area contributed by atoms with Crippen molar-refractivity contribution < 1.29 is 17.9 Å². The number of hydrogen-bond acceptors (Lipinski definition) is 8. The molecule has 35 heavy (non-hydrogen) atoms. The lowest BCUT2D eigenvalue weighted by molar-refractivity contribution is 0.0939. The van der Waals surface area contributed by atoms with Gasteiger partial charge in [-0.05, 0) is 39.8 Å². The highest BCUT2D eigenvalue weighted by atomic mass is 32.2. The second-order valence-corrected chi connectivity index (χ2v) is 11.4. The molecule has 1 amide bonds. The van der Waals surface area contributed by atoms with Crippen molar-refractivity contribution in [1.82, 2.24) is 34.4 Å². The first-order chi connectivity index (χ1) is 16.6. The fourth-order valence-electron chi connectivity index (χ4n) is 3.50. The van der Waals surface area contributed by atoms with Crippen molar-refractivity contribution in [2.45, 2.75) is 50.4 Å². The number of rotatable bonds is 7. The Morgan fingerprint density at radius 2 is 1.86 bits per heavy atom. The number of imidazole rings is 1. The molecule has 4 aromatic rings. The van der Waals surface area contributed by atoms with Crippen LogP contribution >= 0.6 is 0 Å². The molecule has 4 aromatic heterocycles. The third-order valence-corrected chi connectivity index (χ3v) is 7.99. The summed E-state index contributed by atoms with van der Waals surface area (Å²) in [5.74, 6) is 0.378. The zero-order valence-electron chi connectivity index (χ0n) is 20.2. The smallest absolute Gasteiger partial charge is 0.269 e. The number of nitrogens with one attached hydrogen (secondary N) is 1. The van der Waals surface area contributed by atoms with Crippen molar-refractivity contribution in [3.63, 3.8) is 0 Å². The molecule has 0 spiro atoms. The second kappa shape index (κ2) is 9.10. The van der Waals surface area contributed by atoms with Crippen molar-refractivity contribution in [2.75, 3.05) is 7.11 Å². The van der Waals surface area contributed by atoms with Crippen molar-refractivity contribution >= 4 is 21.4 Å². The van der Waals surface area contributed by atoms with Crippen molar-refractivity contribution in [2.24, 2.45) is 0 Å². The van der Waals surface area contributed by atoms with Gasteiger partial charge in [-0.3, -0.25) is 13.9 Å². The number of amides is 1. The van der Waals surface area contributed by atoms with Crippen LogP contribution in [0.5, 0.6) is 5.75 Å². The van der Waals surface area contributed by atoms with E-state index in [0.29, 0.717) is 35.1 Å². The summed E-state index contributed by atoms with van der Waals surface area (Å²) in [7, 11) is -2.30. The Labute approximate surface area is 203 Å². The fourth-order valence-corrected chi connectivity index (χ4v) is 4.82. The molecule has 4 rings (SSSR count). The monoisotopic (exact) mass is 497 g/mol. The molecule has 4 heterocycles. The summed E-state index contributed by atoms with van der Waals surface area (Å²) < 4.78 is 34.0. The van der Waals surface area contributed by atoms with Gasteiger partial charge in [-0.25, -0.2) is 23.4 Å². The number of sulfone groups is 1. The van der Waals surface area contributed by atoms with Gasteiger partial charge in [0.1, 0.15) is 33.5 Å². The molecule has 0 bridgehead atoms. The molecular formula is C23H27N7O4S. The minimum Gasteiger partial charge on any atom is -0.495 e. The van der Waals surface area contributed by atoms with E-state index in [1.807, 2.05) is 6.92 Å². The van der Waals surface area contributed by atoms with Crippen LogP contribution < -0.4 is 10.1 Å². The third-order valence-electron chi connectivity index (χ3n) is 5.49. The number of hydrogen-bond donors (Lipinski definition) is 1. The molecule has 0 saturated heterocycles. The first-order valence-corrected chi connectivity index (χ1v) is 12.5. The highest BCUT2D eigenvalue weighted by Gasteiger charge is 2.34. The lowest BCUT2D eigenvalue weighted by Gasteiger charge is -2.21. The van der Waals surface area contributed by atoms with E-state index in [0.717, 1.165) is 0 Å². The van der Waals surface area contributed by atoms with Crippen LogP contribution in [0.15, 0.2) is 47.9 Å². The zero-order valence-corrected chi connectivity index (χ0v) is 21.0. The van der Waals surface area contributed by atoms with Gasteiger partial charge < -0.3 is 10.1 Å². The topological polar surface area (TPSA) is 133 Å². The highest BCUT2D eigenvalue weighted by Crippen LogP contribution is 2.34. The molecular weight excluding hydrogens is 470 g/mol. The number of pyridine rings is 1. The number of ether oxygens (including phenoxy) is 1. The maximum atomic E-state index is 13.2. The molecule has 0 aliphatic heterocycles. The number of nitrogens with zero attached hydrogens (tertiary/aromatic N) is 6. The molecule has 11 nitrogen and oxygen atoms in total. The lowest BCUT2D eigenvalue weighted by Crippen LogP contribution is -2.28. The normalized spacial score (nSPS) is 12.1. The van der Waals surface area contributed by atoms with E-state index in [9.17, 15) is 13.2 Å². The van der Waals surface area contributed by atoms with Crippen LogP contribution in [0.1, 0.15) is 44.0 Å². The molecule has 12 heteroatoms. The minimum atomic E-state index is -3.72. The second-order valence-electron chi connectivity index (χ2n) is 8.77. The Hall–Kier alpha value is -3.80. The van der Waals surface area contributed by atoms with Crippen molar-refractivity contribution in [3.05, 3.63) is 54.5 Å². The van der Waals surface area contributed by atoms with E-state index in [1.54, 1.807) is 66.6 Å². The Bertz CT molecular complexity index is 1490. The largest absolute Gasteiger partial charge is 0.495 e. The number of methoxy groups -OCH3 is 1. The molecule has 0 aromatic carbocycles. The molecule has 0 unspecified atom stereocenters. The van der Waals surface area contributed by atoms with Crippen LogP contribution in [-0.4, -0.2) is 55.3 Å². The van der Waals surface area contributed by atoms with Gasteiger partial charge in [-0.15, -0.1) is 0 Å². The molecule has 0 atom stereocenters. The molecule has 184 valence electrons. The van der Waals surface area contributed by atoms with E-state index >= 15 is 0 Å². The first kappa shape index (κ1) is 24.3. The van der Waals surface area contributed by atoms with Crippen molar-refractivity contribution in [1.29, 1.82) is 0 Å². The summed E-state index contributed by atoms with van der Waals surface area (Å²) in [5.41, 5.74) is 1.86. The van der Waals surface area contributed by atoms with Gasteiger partial charge in [-0.1, -0.05) is 0 Å². The van der Waals surface area contributed by atoms with Crippen LogP contribution in [0.4, 0.5) is 0 Å². The Kier molecular flexibility index (Phi) is 6.32. The molecule has 0 fully saturated rings. The number of aryl methyl sites for hydroxylation is 1. The molecule has 0 aliphatic carbocycles. The number of carbonyl (C=O) groups is 1. The average molecular weight is 498 g/mol. The van der Waals surface area contributed by atoms with Gasteiger partial charge in [-0.2, -0.15) is 5.10 Å². The summed E-state index contributed by atoms with van der Waals surface area (Å²) in [6, 6.07) is 4.93. The fraction of sp³-hybridized carbons (Fsp3) is 0.348. The predicted molar refractivity (Wildman–Crippen MR) is 129 cm³/mol. The first-order valence-electron chi connectivity index (χ1n) is 11.0. The van der Waals surface area contributed by atoms with Crippen LogP contribution in [0, 0.1) is 0 Å². The van der Waals surface area contributed by atoms with Gasteiger partial charge >= 0.3 is 0 Å². The maximum Gasteiger partial charge on any atom is 0.269 e. The Morgan fingerprint density at radius 1 is 1.14 bits per heavy atom. The molecule has 0 aliphatic rings. The SMILES string of the molecule is CCn1nc(-c2cnc3cc(OC)c(S(=O)(=O)C(C)(C)C)cn23)cc1C(=O)NCc1ncccn1. The molecule has 0 radical (unpaired) electrons. The van der Waals surface area contributed by atoms with E-state index in [1.165, 1.54) is 13.3 Å². The predicted octanol–water partition coefficient (Wildman–Crippen LogP) is 2.52. The maximum absolute atomic E-state index is 13.2. The summed E-state index contributed by atoms with van der Waals surface area (Å²) in [6.07, 6.45) is 6.30. The van der Waals surface area contributed by atoms with Crippen LogP contribution in [0.25, 0.3) is 17.0 Å². The van der Waals surface area contributed by atoms with Gasteiger partial charge in [0.05, 0.1) is 30.3 Å². The van der Waals surface area contributed by atoms with Gasteiger partial charge in [0.25, 0.3) is 5.91 Å². The lowest BCUT2D eigenvalue weighted by atomic mass is 10.2. The Balaban J connectivity index is 1.75. The van der Waals surface area contributed by atoms with Crippen molar-refractivity contribution in [3.8, 4) is 17.1 Å². The van der Waals surface area contributed by atoms with Gasteiger partial charge in [0.2, 0.25) is 0 Å². The van der Waals surface area contributed by atoms with E-state index < -0.39 is 14.6 Å². The zero-order chi connectivity index (χ0) is 25.4. The van der Waals surface area contributed by atoms with Gasteiger partial charge in [0, 0.05) is 31.2 Å². The number of carbonyl (C=O) groups excluding carboxylic acids is 1. The third kappa shape index (κ3) is 4.48. The minimum absolute atomic E-state index is 0.0509. The summed E-state index contributed by atoms with van der Waals surface area (Å²) in [4.78, 5) is 25.5. The van der Waals surface area contributed by atoms with Gasteiger partial charge in [0.15, 0.2) is 9.84 Å².